The first kappa shape index (κ1) is 15.5. The van der Waals surface area contributed by atoms with Gasteiger partial charge in [-0.25, -0.2) is 9.97 Å². The highest BCUT2D eigenvalue weighted by molar-refractivity contribution is 7.10. The Morgan fingerprint density at radius 2 is 2.32 bits per heavy atom. The highest BCUT2D eigenvalue weighted by Crippen LogP contribution is 2.46. The fourth-order valence-electron chi connectivity index (χ4n) is 2.52. The Labute approximate surface area is 148 Å². The third-order valence-electron chi connectivity index (χ3n) is 4.11. The number of aromatic nitrogens is 5. The molecule has 3 heterocycles. The van der Waals surface area contributed by atoms with Crippen LogP contribution in [0.15, 0.2) is 30.9 Å². The van der Waals surface area contributed by atoms with Gasteiger partial charge in [0.05, 0.1) is 37.5 Å². The molecule has 8 nitrogen and oxygen atoms in total. The van der Waals surface area contributed by atoms with E-state index >= 15 is 0 Å². The topological polar surface area (TPSA) is 102 Å². The zero-order chi connectivity index (χ0) is 17.3. The zero-order valence-electron chi connectivity index (χ0n) is 13.5. The van der Waals surface area contributed by atoms with Crippen LogP contribution in [0.5, 0.6) is 5.75 Å². The van der Waals surface area contributed by atoms with Crippen LogP contribution in [0.3, 0.4) is 0 Å². The molecule has 3 aromatic rings. The Morgan fingerprint density at radius 3 is 3.00 bits per heavy atom. The summed E-state index contributed by atoms with van der Waals surface area (Å²) in [6.45, 7) is 0.600. The van der Waals surface area contributed by atoms with Gasteiger partial charge >= 0.3 is 0 Å². The summed E-state index contributed by atoms with van der Waals surface area (Å²) in [5, 5.41) is 17.6. The van der Waals surface area contributed by atoms with Crippen LogP contribution in [0.4, 0.5) is 10.9 Å². The summed E-state index contributed by atoms with van der Waals surface area (Å²) in [4.78, 5) is 8.81. The summed E-state index contributed by atoms with van der Waals surface area (Å²) in [5.74, 6) is 1.03. The van der Waals surface area contributed by atoms with E-state index in [1.807, 2.05) is 12.3 Å². The molecule has 0 amide bonds. The molecule has 1 aliphatic carbocycles. The average Bonchev–Trinajstić information content (AvgIpc) is 3.00. The lowest BCUT2D eigenvalue weighted by atomic mass is 10.1. The SMILES string of the molecule is COc1cnc(Nc2ccns2)nc1-c1cnn(CC2(C#N)CC2)c1. The van der Waals surface area contributed by atoms with Crippen molar-refractivity contribution < 1.29 is 4.74 Å². The van der Waals surface area contributed by atoms with Crippen LogP contribution in [-0.4, -0.2) is 31.2 Å². The second-order valence-corrected chi connectivity index (χ2v) is 6.76. The van der Waals surface area contributed by atoms with E-state index in [9.17, 15) is 5.26 Å². The molecule has 0 radical (unpaired) electrons. The summed E-state index contributed by atoms with van der Waals surface area (Å²) in [6, 6.07) is 4.23. The van der Waals surface area contributed by atoms with Gasteiger partial charge < -0.3 is 10.1 Å². The Kier molecular flexibility index (Phi) is 3.82. The zero-order valence-corrected chi connectivity index (χ0v) is 14.3. The van der Waals surface area contributed by atoms with E-state index in [-0.39, 0.29) is 5.41 Å². The molecule has 25 heavy (non-hydrogen) atoms. The fraction of sp³-hybridized carbons (Fsp3) is 0.312. The number of hydrogen-bond donors (Lipinski definition) is 1. The Bertz CT molecular complexity index is 924. The van der Waals surface area contributed by atoms with E-state index in [2.05, 4.69) is 30.8 Å². The van der Waals surface area contributed by atoms with Crippen LogP contribution >= 0.6 is 11.5 Å². The number of nitriles is 1. The lowest BCUT2D eigenvalue weighted by Gasteiger charge is -2.08. The summed E-state index contributed by atoms with van der Waals surface area (Å²) in [6.07, 6.45) is 8.81. The fourth-order valence-corrected chi connectivity index (χ4v) is 3.01. The average molecular weight is 353 g/mol. The maximum atomic E-state index is 9.24. The molecule has 0 aromatic carbocycles. The molecule has 1 saturated carbocycles. The van der Waals surface area contributed by atoms with E-state index in [0.29, 0.717) is 23.9 Å². The summed E-state index contributed by atoms with van der Waals surface area (Å²) < 4.78 is 11.2. The third-order valence-corrected chi connectivity index (χ3v) is 4.77. The normalized spacial score (nSPS) is 14.7. The van der Waals surface area contributed by atoms with Crippen molar-refractivity contribution in [3.8, 4) is 23.1 Å². The molecular formula is C16H15N7OS. The summed E-state index contributed by atoms with van der Waals surface area (Å²) in [7, 11) is 1.58. The van der Waals surface area contributed by atoms with Crippen molar-refractivity contribution in [3.63, 3.8) is 0 Å². The van der Waals surface area contributed by atoms with Gasteiger partial charge in [-0.15, -0.1) is 0 Å². The van der Waals surface area contributed by atoms with Crippen molar-refractivity contribution in [2.24, 2.45) is 5.41 Å². The molecule has 3 aromatic heterocycles. The number of hydrogen-bond acceptors (Lipinski definition) is 8. The van der Waals surface area contributed by atoms with Gasteiger partial charge in [-0.2, -0.15) is 14.7 Å². The first-order valence-corrected chi connectivity index (χ1v) is 8.51. The predicted octanol–water partition coefficient (Wildman–Crippen LogP) is 2.85. The van der Waals surface area contributed by atoms with Crippen molar-refractivity contribution in [2.75, 3.05) is 12.4 Å². The van der Waals surface area contributed by atoms with Crippen molar-refractivity contribution >= 4 is 22.5 Å². The van der Waals surface area contributed by atoms with Crippen LogP contribution in [0.1, 0.15) is 12.8 Å². The number of anilines is 2. The summed E-state index contributed by atoms with van der Waals surface area (Å²) >= 11 is 1.33. The minimum absolute atomic E-state index is 0.252. The molecule has 0 bridgehead atoms. The molecule has 126 valence electrons. The predicted molar refractivity (Wildman–Crippen MR) is 92.5 cm³/mol. The highest BCUT2D eigenvalue weighted by atomic mass is 32.1. The first-order valence-electron chi connectivity index (χ1n) is 7.74. The molecule has 1 N–H and O–H groups in total. The van der Waals surface area contributed by atoms with E-state index in [0.717, 1.165) is 23.4 Å². The number of nitrogens with zero attached hydrogens (tertiary/aromatic N) is 6. The quantitative estimate of drug-likeness (QED) is 0.727. The molecule has 0 unspecified atom stereocenters. The van der Waals surface area contributed by atoms with Crippen molar-refractivity contribution in [2.45, 2.75) is 19.4 Å². The standard InChI is InChI=1S/C16H15N7OS/c1-24-12-7-18-15(21-13-2-5-20-25-13)22-14(12)11-6-19-23(8-11)10-16(9-17)3-4-16/h2,5-8H,3-4,10H2,1H3,(H,18,21,22). The van der Waals surface area contributed by atoms with Gasteiger partial charge in [0.2, 0.25) is 5.95 Å². The Hall–Kier alpha value is -2.99. The molecule has 0 atom stereocenters. The molecule has 9 heteroatoms. The van der Waals surface area contributed by atoms with E-state index in [4.69, 9.17) is 4.74 Å². The molecule has 1 fully saturated rings. The lowest BCUT2D eigenvalue weighted by Crippen LogP contribution is -2.09. The largest absolute Gasteiger partial charge is 0.493 e. The highest BCUT2D eigenvalue weighted by Gasteiger charge is 2.43. The van der Waals surface area contributed by atoms with Gasteiger partial charge in [-0.05, 0) is 30.4 Å². The van der Waals surface area contributed by atoms with Crippen LogP contribution < -0.4 is 10.1 Å². The van der Waals surface area contributed by atoms with Gasteiger partial charge in [0.25, 0.3) is 0 Å². The minimum atomic E-state index is -0.252. The molecule has 0 aliphatic heterocycles. The molecule has 0 spiro atoms. The van der Waals surface area contributed by atoms with Crippen molar-refractivity contribution in [1.82, 2.24) is 24.1 Å². The molecule has 1 aliphatic rings. The Morgan fingerprint density at radius 1 is 1.44 bits per heavy atom. The van der Waals surface area contributed by atoms with Crippen molar-refractivity contribution in [1.29, 1.82) is 5.26 Å². The van der Waals surface area contributed by atoms with Gasteiger partial charge in [-0.1, -0.05) is 0 Å². The van der Waals surface area contributed by atoms with Crippen LogP contribution in [0.25, 0.3) is 11.3 Å². The van der Waals surface area contributed by atoms with Crippen molar-refractivity contribution in [3.05, 3.63) is 30.9 Å². The number of ether oxygens (including phenoxy) is 1. The van der Waals surface area contributed by atoms with Gasteiger partial charge in [0.15, 0.2) is 5.75 Å². The van der Waals surface area contributed by atoms with Crippen LogP contribution in [0.2, 0.25) is 0 Å². The van der Waals surface area contributed by atoms with Gasteiger partial charge in [-0.3, -0.25) is 4.68 Å². The molecule has 0 saturated heterocycles. The molecular weight excluding hydrogens is 338 g/mol. The first-order chi connectivity index (χ1) is 12.2. The second-order valence-electron chi connectivity index (χ2n) is 5.93. The molecule has 4 rings (SSSR count). The van der Waals surface area contributed by atoms with Crippen LogP contribution in [0, 0.1) is 16.7 Å². The number of rotatable bonds is 6. The minimum Gasteiger partial charge on any atom is -0.493 e. The monoisotopic (exact) mass is 353 g/mol. The summed E-state index contributed by atoms with van der Waals surface area (Å²) in [5.41, 5.74) is 1.22. The van der Waals surface area contributed by atoms with E-state index in [1.165, 1.54) is 11.5 Å². The smallest absolute Gasteiger partial charge is 0.228 e. The van der Waals surface area contributed by atoms with Gasteiger partial charge in [0, 0.05) is 18.0 Å². The maximum absolute atomic E-state index is 9.24. The third kappa shape index (κ3) is 3.16. The lowest BCUT2D eigenvalue weighted by molar-refractivity contribution is 0.413. The maximum Gasteiger partial charge on any atom is 0.228 e. The number of methoxy groups -OCH3 is 1. The second kappa shape index (κ2) is 6.14. The van der Waals surface area contributed by atoms with E-state index in [1.54, 1.807) is 30.4 Å². The Balaban J connectivity index is 1.62. The van der Waals surface area contributed by atoms with Crippen LogP contribution in [-0.2, 0) is 6.54 Å². The van der Waals surface area contributed by atoms with E-state index < -0.39 is 0 Å². The van der Waals surface area contributed by atoms with Gasteiger partial charge in [0.1, 0.15) is 10.7 Å². The number of nitrogens with one attached hydrogen (secondary N) is 1.